The molecule has 1 aliphatic heterocycles. The summed E-state index contributed by atoms with van der Waals surface area (Å²) in [6, 6.07) is 10.5. The molecule has 0 amide bonds. The van der Waals surface area contributed by atoms with E-state index in [0.717, 1.165) is 57.7 Å². The summed E-state index contributed by atoms with van der Waals surface area (Å²) in [5, 5.41) is 15.7. The van der Waals surface area contributed by atoms with Crippen LogP contribution in [0.3, 0.4) is 0 Å². The standard InChI is InChI=1S/C16H23N3O/c17-12-14-2-4-15(5-3-14)13-18-8-1-9-19-16-6-10-20-11-7-16/h2-5,16,18-19H,1,6-11,13H2. The second-order valence-electron chi connectivity index (χ2n) is 5.18. The Labute approximate surface area is 121 Å². The Bertz CT molecular complexity index is 418. The summed E-state index contributed by atoms with van der Waals surface area (Å²) in [7, 11) is 0. The van der Waals surface area contributed by atoms with Crippen LogP contribution in [0.4, 0.5) is 0 Å². The minimum absolute atomic E-state index is 0.641. The molecule has 2 N–H and O–H groups in total. The van der Waals surface area contributed by atoms with E-state index < -0.39 is 0 Å². The highest BCUT2D eigenvalue weighted by molar-refractivity contribution is 5.31. The highest BCUT2D eigenvalue weighted by Gasteiger charge is 2.11. The lowest BCUT2D eigenvalue weighted by atomic mass is 10.1. The molecule has 0 unspecified atom stereocenters. The first kappa shape index (κ1) is 15.0. The van der Waals surface area contributed by atoms with E-state index in [-0.39, 0.29) is 0 Å². The van der Waals surface area contributed by atoms with Gasteiger partial charge in [-0.05, 0) is 50.0 Å². The summed E-state index contributed by atoms with van der Waals surface area (Å²) in [5.74, 6) is 0. The quantitative estimate of drug-likeness (QED) is 0.744. The fourth-order valence-corrected chi connectivity index (χ4v) is 2.35. The van der Waals surface area contributed by atoms with Gasteiger partial charge in [-0.25, -0.2) is 0 Å². The van der Waals surface area contributed by atoms with Gasteiger partial charge in [-0.3, -0.25) is 0 Å². The second-order valence-corrected chi connectivity index (χ2v) is 5.18. The molecule has 0 aromatic heterocycles. The Morgan fingerprint density at radius 1 is 1.15 bits per heavy atom. The van der Waals surface area contributed by atoms with Crippen LogP contribution < -0.4 is 10.6 Å². The molecule has 1 fully saturated rings. The number of hydrogen-bond acceptors (Lipinski definition) is 4. The third-order valence-electron chi connectivity index (χ3n) is 3.60. The lowest BCUT2D eigenvalue weighted by molar-refractivity contribution is 0.0780. The largest absolute Gasteiger partial charge is 0.381 e. The van der Waals surface area contributed by atoms with Crippen LogP contribution in [-0.2, 0) is 11.3 Å². The Morgan fingerprint density at radius 3 is 2.60 bits per heavy atom. The number of nitrogens with one attached hydrogen (secondary N) is 2. The lowest BCUT2D eigenvalue weighted by Gasteiger charge is -2.23. The normalized spacial score (nSPS) is 15.9. The van der Waals surface area contributed by atoms with Gasteiger partial charge in [0.2, 0.25) is 0 Å². The van der Waals surface area contributed by atoms with Crippen LogP contribution in [-0.4, -0.2) is 32.3 Å². The molecule has 0 saturated carbocycles. The first-order chi connectivity index (χ1) is 9.88. The number of nitrogens with zero attached hydrogens (tertiary/aromatic N) is 1. The van der Waals surface area contributed by atoms with Crippen LogP contribution in [0, 0.1) is 11.3 Å². The van der Waals surface area contributed by atoms with Crippen molar-refractivity contribution in [2.45, 2.75) is 31.8 Å². The van der Waals surface area contributed by atoms with Crippen LogP contribution in [0.2, 0.25) is 0 Å². The molecule has 108 valence electrons. The Balaban J connectivity index is 1.51. The highest BCUT2D eigenvalue weighted by atomic mass is 16.5. The van der Waals surface area contributed by atoms with Gasteiger partial charge in [-0.2, -0.15) is 5.26 Å². The van der Waals surface area contributed by atoms with Crippen molar-refractivity contribution < 1.29 is 4.74 Å². The van der Waals surface area contributed by atoms with Gasteiger partial charge in [-0.15, -0.1) is 0 Å². The smallest absolute Gasteiger partial charge is 0.0991 e. The average molecular weight is 273 g/mol. The number of benzene rings is 1. The van der Waals surface area contributed by atoms with E-state index in [1.807, 2.05) is 24.3 Å². The fraction of sp³-hybridized carbons (Fsp3) is 0.562. The fourth-order valence-electron chi connectivity index (χ4n) is 2.35. The van der Waals surface area contributed by atoms with Gasteiger partial charge in [-0.1, -0.05) is 12.1 Å². The molecule has 1 aliphatic rings. The number of nitriles is 1. The van der Waals surface area contributed by atoms with Gasteiger partial charge >= 0.3 is 0 Å². The van der Waals surface area contributed by atoms with Gasteiger partial charge in [0.25, 0.3) is 0 Å². The van der Waals surface area contributed by atoms with Gasteiger partial charge in [0.1, 0.15) is 0 Å². The van der Waals surface area contributed by atoms with E-state index in [1.54, 1.807) is 0 Å². The monoisotopic (exact) mass is 273 g/mol. The molecule has 0 aliphatic carbocycles. The van der Waals surface area contributed by atoms with Crippen LogP contribution >= 0.6 is 0 Å². The molecular weight excluding hydrogens is 250 g/mol. The predicted molar refractivity (Wildman–Crippen MR) is 79.3 cm³/mol. The zero-order chi connectivity index (χ0) is 14.0. The lowest BCUT2D eigenvalue weighted by Crippen LogP contribution is -2.36. The maximum atomic E-state index is 8.73. The maximum Gasteiger partial charge on any atom is 0.0991 e. The summed E-state index contributed by atoms with van der Waals surface area (Å²) in [6.07, 6.45) is 3.41. The van der Waals surface area contributed by atoms with E-state index >= 15 is 0 Å². The molecule has 0 radical (unpaired) electrons. The van der Waals surface area contributed by atoms with Crippen molar-refractivity contribution in [1.82, 2.24) is 10.6 Å². The molecule has 4 heteroatoms. The molecule has 0 spiro atoms. The minimum atomic E-state index is 0.641. The zero-order valence-corrected chi connectivity index (χ0v) is 11.9. The van der Waals surface area contributed by atoms with Crippen LogP contribution in [0.5, 0.6) is 0 Å². The van der Waals surface area contributed by atoms with Gasteiger partial charge in [0.05, 0.1) is 11.6 Å². The Morgan fingerprint density at radius 2 is 1.90 bits per heavy atom. The minimum Gasteiger partial charge on any atom is -0.381 e. The van der Waals surface area contributed by atoms with Gasteiger partial charge in [0.15, 0.2) is 0 Å². The van der Waals surface area contributed by atoms with E-state index in [1.165, 1.54) is 5.56 Å². The molecule has 4 nitrogen and oxygen atoms in total. The van der Waals surface area contributed by atoms with Crippen molar-refractivity contribution in [3.63, 3.8) is 0 Å². The average Bonchev–Trinajstić information content (AvgIpc) is 2.52. The first-order valence-electron chi connectivity index (χ1n) is 7.39. The molecule has 0 atom stereocenters. The summed E-state index contributed by atoms with van der Waals surface area (Å²) in [5.41, 5.74) is 1.94. The van der Waals surface area contributed by atoms with Crippen molar-refractivity contribution >= 4 is 0 Å². The Hall–Kier alpha value is -1.41. The number of rotatable bonds is 7. The van der Waals surface area contributed by atoms with Crippen molar-refractivity contribution in [2.24, 2.45) is 0 Å². The van der Waals surface area contributed by atoms with Gasteiger partial charge < -0.3 is 15.4 Å². The number of ether oxygens (including phenoxy) is 1. The molecule has 1 aromatic carbocycles. The SMILES string of the molecule is N#Cc1ccc(CNCCCNC2CCOCC2)cc1. The first-order valence-corrected chi connectivity index (χ1v) is 7.39. The van der Waals surface area contributed by atoms with Crippen molar-refractivity contribution in [2.75, 3.05) is 26.3 Å². The second kappa shape index (κ2) is 8.70. The third-order valence-corrected chi connectivity index (χ3v) is 3.60. The molecule has 1 heterocycles. The molecule has 0 bridgehead atoms. The third kappa shape index (κ3) is 5.30. The highest BCUT2D eigenvalue weighted by Crippen LogP contribution is 2.05. The number of hydrogen-bond donors (Lipinski definition) is 2. The van der Waals surface area contributed by atoms with Crippen LogP contribution in [0.1, 0.15) is 30.4 Å². The van der Waals surface area contributed by atoms with Crippen molar-refractivity contribution in [3.8, 4) is 6.07 Å². The van der Waals surface area contributed by atoms with E-state index in [0.29, 0.717) is 6.04 Å². The molecule has 20 heavy (non-hydrogen) atoms. The van der Waals surface area contributed by atoms with E-state index in [9.17, 15) is 0 Å². The topological polar surface area (TPSA) is 57.1 Å². The molecule has 1 aromatic rings. The van der Waals surface area contributed by atoms with Crippen LogP contribution in [0.15, 0.2) is 24.3 Å². The van der Waals surface area contributed by atoms with E-state index in [4.69, 9.17) is 10.00 Å². The maximum absolute atomic E-state index is 8.73. The van der Waals surface area contributed by atoms with E-state index in [2.05, 4.69) is 16.7 Å². The van der Waals surface area contributed by atoms with Crippen molar-refractivity contribution in [1.29, 1.82) is 5.26 Å². The molecule has 1 saturated heterocycles. The van der Waals surface area contributed by atoms with Crippen molar-refractivity contribution in [3.05, 3.63) is 35.4 Å². The molecular formula is C16H23N3O. The zero-order valence-electron chi connectivity index (χ0n) is 11.9. The van der Waals surface area contributed by atoms with Crippen LogP contribution in [0.25, 0.3) is 0 Å². The summed E-state index contributed by atoms with van der Waals surface area (Å²) < 4.78 is 5.34. The summed E-state index contributed by atoms with van der Waals surface area (Å²) in [4.78, 5) is 0. The summed E-state index contributed by atoms with van der Waals surface area (Å²) >= 11 is 0. The van der Waals surface area contributed by atoms with Gasteiger partial charge in [0, 0.05) is 25.8 Å². The molecule has 2 rings (SSSR count). The summed E-state index contributed by atoms with van der Waals surface area (Å²) in [6.45, 7) is 4.73. The Kier molecular flexibility index (Phi) is 6.52. The predicted octanol–water partition coefficient (Wildman–Crippen LogP) is 1.81.